The van der Waals surface area contributed by atoms with Gasteiger partial charge in [-0.2, -0.15) is 0 Å². The second-order valence-electron chi connectivity index (χ2n) is 5.45. The molecule has 0 bridgehead atoms. The van der Waals surface area contributed by atoms with Crippen molar-refractivity contribution in [2.75, 3.05) is 7.05 Å². The second-order valence-corrected chi connectivity index (χ2v) is 5.45. The first kappa shape index (κ1) is 14.6. The molecular weight excluding hydrogens is 282 g/mol. The van der Waals surface area contributed by atoms with Gasteiger partial charge in [-0.15, -0.1) is 0 Å². The summed E-state index contributed by atoms with van der Waals surface area (Å²) in [5.41, 5.74) is 1.78. The zero-order chi connectivity index (χ0) is 15.7. The molecule has 3 heterocycles. The lowest BCUT2D eigenvalue weighted by molar-refractivity contribution is 0.237. The van der Waals surface area contributed by atoms with Gasteiger partial charge in [0.25, 0.3) is 5.89 Å². The van der Waals surface area contributed by atoms with Crippen LogP contribution in [0.1, 0.15) is 35.9 Å². The first-order valence-electron chi connectivity index (χ1n) is 7.18. The van der Waals surface area contributed by atoms with Gasteiger partial charge in [0.05, 0.1) is 11.7 Å². The van der Waals surface area contributed by atoms with Crippen LogP contribution in [0.5, 0.6) is 0 Å². The standard InChI is InChI=1S/C16H19N3O3/c1-10-5-6-15(21-10)16-17-14(12(3)22-16)9-19(4)11(2)13-7-8-20-18-13/h5-8,11H,9H2,1-4H3. The van der Waals surface area contributed by atoms with Crippen LogP contribution in [0.4, 0.5) is 0 Å². The van der Waals surface area contributed by atoms with E-state index in [2.05, 4.69) is 22.0 Å². The van der Waals surface area contributed by atoms with Gasteiger partial charge in [-0.25, -0.2) is 4.98 Å². The molecule has 0 aromatic carbocycles. The van der Waals surface area contributed by atoms with Gasteiger partial charge in [-0.3, -0.25) is 4.90 Å². The summed E-state index contributed by atoms with van der Waals surface area (Å²) in [6, 6.07) is 5.76. The van der Waals surface area contributed by atoms with Gasteiger partial charge in [-0.1, -0.05) is 5.16 Å². The van der Waals surface area contributed by atoms with Gasteiger partial charge in [0.1, 0.15) is 23.5 Å². The van der Waals surface area contributed by atoms with E-state index in [9.17, 15) is 0 Å². The van der Waals surface area contributed by atoms with Crippen molar-refractivity contribution in [2.45, 2.75) is 33.4 Å². The summed E-state index contributed by atoms with van der Waals surface area (Å²) in [6.45, 7) is 6.54. The topological polar surface area (TPSA) is 68.4 Å². The molecule has 116 valence electrons. The summed E-state index contributed by atoms with van der Waals surface area (Å²) >= 11 is 0. The molecule has 22 heavy (non-hydrogen) atoms. The smallest absolute Gasteiger partial charge is 0.263 e. The zero-order valence-corrected chi connectivity index (χ0v) is 13.2. The van der Waals surface area contributed by atoms with Crippen molar-refractivity contribution in [3.8, 4) is 11.7 Å². The fourth-order valence-corrected chi connectivity index (χ4v) is 2.27. The lowest BCUT2D eigenvalue weighted by atomic mass is 10.2. The maximum absolute atomic E-state index is 5.72. The largest absolute Gasteiger partial charge is 0.456 e. The average Bonchev–Trinajstić information content (AvgIpc) is 3.20. The van der Waals surface area contributed by atoms with Crippen molar-refractivity contribution in [3.63, 3.8) is 0 Å². The number of rotatable bonds is 5. The molecule has 0 saturated heterocycles. The quantitative estimate of drug-likeness (QED) is 0.715. The first-order valence-corrected chi connectivity index (χ1v) is 7.18. The zero-order valence-electron chi connectivity index (χ0n) is 13.2. The Morgan fingerprint density at radius 2 is 2.00 bits per heavy atom. The molecular formula is C16H19N3O3. The van der Waals surface area contributed by atoms with Crippen LogP contribution in [0.3, 0.4) is 0 Å². The Balaban J connectivity index is 1.76. The summed E-state index contributed by atoms with van der Waals surface area (Å²) in [4.78, 5) is 6.69. The van der Waals surface area contributed by atoms with E-state index in [1.165, 1.54) is 0 Å². The van der Waals surface area contributed by atoms with E-state index in [4.69, 9.17) is 13.4 Å². The molecule has 1 unspecified atom stereocenters. The molecule has 0 radical (unpaired) electrons. The molecule has 0 fully saturated rings. The first-order chi connectivity index (χ1) is 10.5. The Hall–Kier alpha value is -2.34. The van der Waals surface area contributed by atoms with Crippen LogP contribution in [0.2, 0.25) is 0 Å². The van der Waals surface area contributed by atoms with Gasteiger partial charge < -0.3 is 13.4 Å². The summed E-state index contributed by atoms with van der Waals surface area (Å²) in [6.07, 6.45) is 1.58. The predicted molar refractivity (Wildman–Crippen MR) is 80.1 cm³/mol. The molecule has 3 rings (SSSR count). The van der Waals surface area contributed by atoms with E-state index in [0.717, 1.165) is 22.9 Å². The molecule has 0 spiro atoms. The van der Waals surface area contributed by atoms with Crippen molar-refractivity contribution in [1.82, 2.24) is 15.0 Å². The number of hydrogen-bond acceptors (Lipinski definition) is 6. The van der Waals surface area contributed by atoms with Gasteiger partial charge in [0, 0.05) is 12.6 Å². The highest BCUT2D eigenvalue weighted by atomic mass is 16.5. The third kappa shape index (κ3) is 2.82. The van der Waals surface area contributed by atoms with E-state index < -0.39 is 0 Å². The Morgan fingerprint density at radius 1 is 1.18 bits per heavy atom. The molecule has 0 N–H and O–H groups in total. The van der Waals surface area contributed by atoms with E-state index in [0.29, 0.717) is 18.2 Å². The lowest BCUT2D eigenvalue weighted by Gasteiger charge is -2.21. The SMILES string of the molecule is Cc1ccc(-c2nc(CN(C)C(C)c3ccon3)c(C)o2)o1. The molecule has 0 aliphatic heterocycles. The third-order valence-corrected chi connectivity index (χ3v) is 3.79. The van der Waals surface area contributed by atoms with Crippen LogP contribution in [-0.4, -0.2) is 22.1 Å². The highest BCUT2D eigenvalue weighted by Crippen LogP contribution is 2.26. The highest BCUT2D eigenvalue weighted by Gasteiger charge is 2.19. The molecule has 0 saturated carbocycles. The molecule has 3 aromatic heterocycles. The summed E-state index contributed by atoms with van der Waals surface area (Å²) in [5, 5.41) is 3.98. The van der Waals surface area contributed by atoms with Gasteiger partial charge in [-0.05, 0) is 40.0 Å². The van der Waals surface area contributed by atoms with Crippen LogP contribution in [0.25, 0.3) is 11.7 Å². The van der Waals surface area contributed by atoms with Crippen molar-refractivity contribution >= 4 is 0 Å². The second kappa shape index (κ2) is 5.81. The average molecular weight is 301 g/mol. The molecule has 6 nitrogen and oxygen atoms in total. The van der Waals surface area contributed by atoms with Crippen LogP contribution < -0.4 is 0 Å². The van der Waals surface area contributed by atoms with Crippen LogP contribution in [0.15, 0.2) is 37.8 Å². The van der Waals surface area contributed by atoms with Crippen LogP contribution in [0, 0.1) is 13.8 Å². The maximum atomic E-state index is 5.72. The fraction of sp³-hybridized carbons (Fsp3) is 0.375. The highest BCUT2D eigenvalue weighted by molar-refractivity contribution is 5.45. The molecule has 0 aliphatic rings. The Bertz CT molecular complexity index is 743. The van der Waals surface area contributed by atoms with Gasteiger partial charge >= 0.3 is 0 Å². The Kier molecular flexibility index (Phi) is 3.85. The van der Waals surface area contributed by atoms with Crippen LogP contribution >= 0.6 is 0 Å². The number of furan rings is 1. The minimum Gasteiger partial charge on any atom is -0.456 e. The number of aryl methyl sites for hydroxylation is 2. The fourth-order valence-electron chi connectivity index (χ4n) is 2.27. The van der Waals surface area contributed by atoms with Crippen molar-refractivity contribution in [3.05, 3.63) is 47.4 Å². The number of aromatic nitrogens is 2. The Labute approximate surface area is 128 Å². The summed E-state index contributed by atoms with van der Waals surface area (Å²) in [5.74, 6) is 2.80. The molecule has 1 atom stereocenters. The van der Waals surface area contributed by atoms with Crippen LogP contribution in [-0.2, 0) is 6.54 Å². The summed E-state index contributed by atoms with van der Waals surface area (Å²) in [7, 11) is 2.02. The van der Waals surface area contributed by atoms with E-state index in [1.807, 2.05) is 39.1 Å². The molecule has 3 aromatic rings. The van der Waals surface area contributed by atoms with Gasteiger partial charge in [0.15, 0.2) is 5.76 Å². The number of nitrogens with zero attached hydrogens (tertiary/aromatic N) is 3. The van der Waals surface area contributed by atoms with E-state index in [-0.39, 0.29) is 6.04 Å². The van der Waals surface area contributed by atoms with Crippen molar-refractivity contribution in [2.24, 2.45) is 0 Å². The number of oxazole rings is 1. The Morgan fingerprint density at radius 3 is 2.64 bits per heavy atom. The molecule has 0 amide bonds. The normalized spacial score (nSPS) is 13.0. The minimum atomic E-state index is 0.129. The van der Waals surface area contributed by atoms with Crippen molar-refractivity contribution < 1.29 is 13.4 Å². The molecule has 6 heteroatoms. The van der Waals surface area contributed by atoms with E-state index >= 15 is 0 Å². The predicted octanol–water partition coefficient (Wildman–Crippen LogP) is 3.73. The number of hydrogen-bond donors (Lipinski definition) is 0. The van der Waals surface area contributed by atoms with Gasteiger partial charge in [0.2, 0.25) is 0 Å². The van der Waals surface area contributed by atoms with E-state index in [1.54, 1.807) is 6.26 Å². The monoisotopic (exact) mass is 301 g/mol. The third-order valence-electron chi connectivity index (χ3n) is 3.79. The lowest BCUT2D eigenvalue weighted by Crippen LogP contribution is -2.22. The maximum Gasteiger partial charge on any atom is 0.263 e. The summed E-state index contributed by atoms with van der Waals surface area (Å²) < 4.78 is 16.2. The minimum absolute atomic E-state index is 0.129. The molecule has 0 aliphatic carbocycles. The van der Waals surface area contributed by atoms with Crippen molar-refractivity contribution in [1.29, 1.82) is 0 Å².